The van der Waals surface area contributed by atoms with E-state index in [-0.39, 0.29) is 18.7 Å². The number of aryl methyl sites for hydroxylation is 2. The first-order valence-electron chi connectivity index (χ1n) is 8.75. The number of aliphatic hydroxyl groups is 1. The molecule has 0 saturated heterocycles. The lowest BCUT2D eigenvalue weighted by Crippen LogP contribution is -2.47. The van der Waals surface area contributed by atoms with Crippen LogP contribution in [0.1, 0.15) is 34.1 Å². The monoisotopic (exact) mass is 342 g/mol. The number of carbonyl (C=O) groups excluding carboxylic acids is 1. The molecule has 0 bridgehead atoms. The third-order valence-corrected chi connectivity index (χ3v) is 5.16. The third-order valence-electron chi connectivity index (χ3n) is 5.16. The van der Waals surface area contributed by atoms with Gasteiger partial charge < -0.3 is 15.3 Å². The lowest BCUT2D eigenvalue weighted by Gasteiger charge is -2.36. The number of nitrogens with one attached hydrogen (secondary N) is 1. The van der Waals surface area contributed by atoms with Crippen molar-refractivity contribution in [2.24, 2.45) is 7.05 Å². The molecular formula is C19H26N4O2. The maximum Gasteiger partial charge on any atom is 0.318 e. The normalized spacial score (nSPS) is 16.6. The van der Waals surface area contributed by atoms with Crippen molar-refractivity contribution in [2.45, 2.75) is 32.7 Å². The summed E-state index contributed by atoms with van der Waals surface area (Å²) in [6.45, 7) is 5.15. The second kappa shape index (κ2) is 7.27. The van der Waals surface area contributed by atoms with Gasteiger partial charge in [-0.1, -0.05) is 24.3 Å². The summed E-state index contributed by atoms with van der Waals surface area (Å²) in [5.41, 5.74) is 5.59. The lowest BCUT2D eigenvalue weighted by molar-refractivity contribution is 0.127. The zero-order valence-electron chi connectivity index (χ0n) is 15.1. The van der Waals surface area contributed by atoms with Gasteiger partial charge in [0.25, 0.3) is 0 Å². The van der Waals surface area contributed by atoms with Crippen LogP contribution < -0.4 is 5.32 Å². The van der Waals surface area contributed by atoms with Crippen molar-refractivity contribution in [3.05, 3.63) is 52.3 Å². The molecule has 1 aliphatic rings. The number of carbonyl (C=O) groups is 1. The predicted molar refractivity (Wildman–Crippen MR) is 96.5 cm³/mol. The van der Waals surface area contributed by atoms with Gasteiger partial charge in [-0.25, -0.2) is 4.79 Å². The zero-order chi connectivity index (χ0) is 18.0. The minimum atomic E-state index is -0.271. The number of amides is 2. The fraction of sp³-hybridized carbons (Fsp3) is 0.474. The molecule has 1 aromatic carbocycles. The van der Waals surface area contributed by atoms with Crippen LogP contribution in [0.3, 0.4) is 0 Å². The van der Waals surface area contributed by atoms with Gasteiger partial charge in [-0.3, -0.25) is 4.68 Å². The molecule has 2 heterocycles. The van der Waals surface area contributed by atoms with Gasteiger partial charge in [0.1, 0.15) is 0 Å². The zero-order valence-corrected chi connectivity index (χ0v) is 15.1. The highest BCUT2D eigenvalue weighted by Crippen LogP contribution is 2.29. The van der Waals surface area contributed by atoms with E-state index in [0.717, 1.165) is 29.8 Å². The average molecular weight is 342 g/mol. The first-order valence-corrected chi connectivity index (χ1v) is 8.75. The molecule has 1 unspecified atom stereocenters. The van der Waals surface area contributed by atoms with Crippen LogP contribution in [-0.2, 0) is 19.9 Å². The molecule has 0 fully saturated rings. The van der Waals surface area contributed by atoms with Crippen molar-refractivity contribution in [2.75, 3.05) is 19.7 Å². The number of benzene rings is 1. The van der Waals surface area contributed by atoms with Crippen molar-refractivity contribution in [3.8, 4) is 0 Å². The second-order valence-corrected chi connectivity index (χ2v) is 6.60. The Morgan fingerprint density at radius 1 is 1.36 bits per heavy atom. The molecule has 134 valence electrons. The number of fused-ring (bicyclic) bond motifs is 1. The van der Waals surface area contributed by atoms with Crippen LogP contribution in [0.15, 0.2) is 24.3 Å². The predicted octanol–water partition coefficient (Wildman–Crippen LogP) is 1.88. The number of hydrogen-bond donors (Lipinski definition) is 2. The number of urea groups is 1. The minimum absolute atomic E-state index is 0.0642. The smallest absolute Gasteiger partial charge is 0.318 e. The largest absolute Gasteiger partial charge is 0.394 e. The van der Waals surface area contributed by atoms with Crippen molar-refractivity contribution in [3.63, 3.8) is 0 Å². The quantitative estimate of drug-likeness (QED) is 0.891. The lowest BCUT2D eigenvalue weighted by atomic mass is 9.93. The summed E-state index contributed by atoms with van der Waals surface area (Å²) in [6.07, 6.45) is 1.58. The van der Waals surface area contributed by atoms with Gasteiger partial charge in [0.2, 0.25) is 0 Å². The first-order chi connectivity index (χ1) is 12.0. The summed E-state index contributed by atoms with van der Waals surface area (Å²) in [5, 5.41) is 17.2. The Bertz CT molecular complexity index is 769. The molecule has 0 aliphatic carbocycles. The number of rotatable bonds is 4. The number of hydrogen-bond acceptors (Lipinski definition) is 3. The van der Waals surface area contributed by atoms with Gasteiger partial charge in [0.05, 0.1) is 18.3 Å². The Morgan fingerprint density at radius 3 is 2.80 bits per heavy atom. The molecule has 25 heavy (non-hydrogen) atoms. The van der Waals surface area contributed by atoms with E-state index >= 15 is 0 Å². The van der Waals surface area contributed by atoms with Crippen LogP contribution in [0, 0.1) is 13.8 Å². The van der Waals surface area contributed by atoms with E-state index < -0.39 is 0 Å². The summed E-state index contributed by atoms with van der Waals surface area (Å²) in [7, 11) is 1.93. The molecule has 1 atom stereocenters. The number of nitrogens with zero attached hydrogens (tertiary/aromatic N) is 3. The molecule has 2 aromatic rings. The molecule has 0 radical (unpaired) electrons. The van der Waals surface area contributed by atoms with E-state index in [0.29, 0.717) is 13.1 Å². The van der Waals surface area contributed by atoms with E-state index in [9.17, 15) is 9.90 Å². The molecule has 6 nitrogen and oxygen atoms in total. The van der Waals surface area contributed by atoms with Crippen LogP contribution in [0.2, 0.25) is 0 Å². The van der Waals surface area contributed by atoms with E-state index in [1.165, 1.54) is 11.1 Å². The minimum Gasteiger partial charge on any atom is -0.394 e. The van der Waals surface area contributed by atoms with Crippen LogP contribution >= 0.6 is 0 Å². The maximum absolute atomic E-state index is 12.6. The Hall–Kier alpha value is -2.34. The third kappa shape index (κ3) is 3.39. The summed E-state index contributed by atoms with van der Waals surface area (Å²) in [4.78, 5) is 14.4. The summed E-state index contributed by atoms with van der Waals surface area (Å²) < 4.78 is 1.87. The van der Waals surface area contributed by atoms with E-state index in [4.69, 9.17) is 0 Å². The van der Waals surface area contributed by atoms with E-state index in [2.05, 4.69) is 16.5 Å². The molecule has 2 amide bonds. The molecular weight excluding hydrogens is 316 g/mol. The van der Waals surface area contributed by atoms with Crippen LogP contribution in [0.4, 0.5) is 4.79 Å². The molecule has 0 saturated carbocycles. The molecule has 1 aliphatic heterocycles. The van der Waals surface area contributed by atoms with E-state index in [1.807, 2.05) is 43.8 Å². The SMILES string of the molecule is Cc1nn(C)c(C)c1CCNC(=O)N1CCc2ccccc2C1CO. The van der Waals surface area contributed by atoms with Crippen molar-refractivity contribution >= 4 is 6.03 Å². The number of aromatic nitrogens is 2. The van der Waals surface area contributed by atoms with Gasteiger partial charge in [-0.15, -0.1) is 0 Å². The molecule has 6 heteroatoms. The standard InChI is InChI=1S/C19H26N4O2/c1-13-16(14(2)22(3)21-13)8-10-20-19(25)23-11-9-15-6-4-5-7-17(15)18(23)12-24/h4-7,18,24H,8-12H2,1-3H3,(H,20,25). The highest BCUT2D eigenvalue weighted by molar-refractivity contribution is 5.75. The Labute approximate surface area is 148 Å². The second-order valence-electron chi connectivity index (χ2n) is 6.60. The number of aliphatic hydroxyl groups excluding tert-OH is 1. The molecule has 2 N–H and O–H groups in total. The van der Waals surface area contributed by atoms with Gasteiger partial charge in [0.15, 0.2) is 0 Å². The Kier molecular flexibility index (Phi) is 5.08. The molecule has 1 aromatic heterocycles. The Balaban J connectivity index is 1.63. The molecule has 0 spiro atoms. The van der Waals surface area contributed by atoms with Gasteiger partial charge in [-0.05, 0) is 43.4 Å². The fourth-order valence-electron chi connectivity index (χ4n) is 3.67. The fourth-order valence-corrected chi connectivity index (χ4v) is 3.67. The van der Waals surface area contributed by atoms with Crippen LogP contribution in [0.5, 0.6) is 0 Å². The highest BCUT2D eigenvalue weighted by atomic mass is 16.3. The van der Waals surface area contributed by atoms with Gasteiger partial charge in [-0.2, -0.15) is 5.10 Å². The van der Waals surface area contributed by atoms with E-state index in [1.54, 1.807) is 4.90 Å². The van der Waals surface area contributed by atoms with Crippen molar-refractivity contribution in [1.82, 2.24) is 20.0 Å². The summed E-state index contributed by atoms with van der Waals surface area (Å²) >= 11 is 0. The average Bonchev–Trinajstić information content (AvgIpc) is 2.86. The topological polar surface area (TPSA) is 70.4 Å². The highest BCUT2D eigenvalue weighted by Gasteiger charge is 2.29. The van der Waals surface area contributed by atoms with Crippen LogP contribution in [-0.4, -0.2) is 45.5 Å². The van der Waals surface area contributed by atoms with Crippen molar-refractivity contribution in [1.29, 1.82) is 0 Å². The molecule has 3 rings (SSSR count). The van der Waals surface area contributed by atoms with Crippen molar-refractivity contribution < 1.29 is 9.90 Å². The first kappa shape index (κ1) is 17.5. The van der Waals surface area contributed by atoms with Crippen LogP contribution in [0.25, 0.3) is 0 Å². The Morgan fingerprint density at radius 2 is 2.12 bits per heavy atom. The summed E-state index contributed by atoms with van der Waals surface area (Å²) in [6, 6.07) is 7.64. The maximum atomic E-state index is 12.6. The van der Waals surface area contributed by atoms with Gasteiger partial charge in [0, 0.05) is 25.8 Å². The van der Waals surface area contributed by atoms with Gasteiger partial charge >= 0.3 is 6.03 Å². The summed E-state index contributed by atoms with van der Waals surface area (Å²) in [5.74, 6) is 0.